The van der Waals surface area contributed by atoms with Crippen molar-refractivity contribution in [1.82, 2.24) is 15.5 Å². The fourth-order valence-electron chi connectivity index (χ4n) is 5.00. The summed E-state index contributed by atoms with van der Waals surface area (Å²) >= 11 is 0. The predicted octanol–water partition coefficient (Wildman–Crippen LogP) is 4.05. The van der Waals surface area contributed by atoms with Gasteiger partial charge in [-0.1, -0.05) is 44.2 Å². The van der Waals surface area contributed by atoms with Crippen LogP contribution >= 0.6 is 0 Å². The number of hydrogen-bond donors (Lipinski definition) is 4. The van der Waals surface area contributed by atoms with E-state index < -0.39 is 41.6 Å². The Bertz CT molecular complexity index is 1380. The molecule has 0 aliphatic carbocycles. The number of nitrogens with two attached hydrogens (primary N) is 1. The Kier molecular flexibility index (Phi) is 12.3. The maximum atomic E-state index is 14.0. The van der Waals surface area contributed by atoms with Crippen LogP contribution in [0.1, 0.15) is 70.1 Å². The normalized spacial score (nSPS) is 13.2. The zero-order valence-corrected chi connectivity index (χ0v) is 24.8. The van der Waals surface area contributed by atoms with Gasteiger partial charge in [-0.05, 0) is 73.2 Å². The SMILES string of the molecule is CCCN(CCC)C(=O)c1cc(C)cc(C(=O)N[C@@H](Cc2cc(F)cc(F)c2)[C@H](O)CNC(C(N)=O)c2ccccc2)c1. The van der Waals surface area contributed by atoms with Crippen LogP contribution in [0.2, 0.25) is 0 Å². The summed E-state index contributed by atoms with van der Waals surface area (Å²) in [6.07, 6.45) is 0.172. The Balaban J connectivity index is 1.87. The molecule has 8 nitrogen and oxygen atoms in total. The number of carbonyl (C=O) groups is 3. The van der Waals surface area contributed by atoms with Gasteiger partial charge in [-0.15, -0.1) is 0 Å². The molecule has 0 saturated heterocycles. The fraction of sp³-hybridized carbons (Fsp3) is 0.364. The summed E-state index contributed by atoms with van der Waals surface area (Å²) in [4.78, 5) is 40.7. The van der Waals surface area contributed by atoms with Crippen molar-refractivity contribution in [2.75, 3.05) is 19.6 Å². The number of nitrogens with one attached hydrogen (secondary N) is 2. The van der Waals surface area contributed by atoms with Crippen LogP contribution < -0.4 is 16.4 Å². The second-order valence-corrected chi connectivity index (χ2v) is 10.7. The second kappa shape index (κ2) is 15.9. The van der Waals surface area contributed by atoms with E-state index in [9.17, 15) is 28.3 Å². The van der Waals surface area contributed by atoms with Crippen LogP contribution in [-0.4, -0.2) is 59.5 Å². The van der Waals surface area contributed by atoms with E-state index in [-0.39, 0.29) is 30.0 Å². The molecule has 0 spiro atoms. The Morgan fingerprint density at radius 3 is 2.09 bits per heavy atom. The summed E-state index contributed by atoms with van der Waals surface area (Å²) in [6, 6.07) is 14.6. The van der Waals surface area contributed by atoms with Crippen LogP contribution in [0.3, 0.4) is 0 Å². The molecular formula is C33H40F2N4O4. The van der Waals surface area contributed by atoms with E-state index in [1.54, 1.807) is 54.3 Å². The van der Waals surface area contributed by atoms with Crippen molar-refractivity contribution >= 4 is 17.7 Å². The molecule has 3 amide bonds. The van der Waals surface area contributed by atoms with Gasteiger partial charge in [0.05, 0.1) is 12.1 Å². The minimum Gasteiger partial charge on any atom is -0.390 e. The molecule has 3 aromatic rings. The van der Waals surface area contributed by atoms with Gasteiger partial charge < -0.3 is 21.1 Å². The smallest absolute Gasteiger partial charge is 0.253 e. The quantitative estimate of drug-likeness (QED) is 0.211. The average Bonchev–Trinajstić information content (AvgIpc) is 2.95. The van der Waals surface area contributed by atoms with Gasteiger partial charge in [-0.3, -0.25) is 19.7 Å². The highest BCUT2D eigenvalue weighted by molar-refractivity contribution is 6.00. The number of primary amides is 1. The first kappa shape index (κ1) is 33.4. The standard InChI is InChI=1S/C33H40F2N4O4/c1-4-11-39(12-5-2)33(43)25-14-21(3)13-24(18-25)32(42)38-28(17-22-15-26(34)19-27(35)16-22)29(40)20-37-30(31(36)41)23-9-7-6-8-10-23/h6-10,13-16,18-19,28-30,37,40H,4-5,11-12,17,20H2,1-3H3,(H2,36,41)(H,38,42)/t28-,29+,30?/m0/s1. The number of carbonyl (C=O) groups excluding carboxylic acids is 3. The zero-order valence-electron chi connectivity index (χ0n) is 24.8. The molecule has 0 radical (unpaired) electrons. The highest BCUT2D eigenvalue weighted by Crippen LogP contribution is 2.17. The summed E-state index contributed by atoms with van der Waals surface area (Å²) in [5.74, 6) is -3.02. The van der Waals surface area contributed by atoms with Gasteiger partial charge >= 0.3 is 0 Å². The lowest BCUT2D eigenvalue weighted by atomic mass is 9.98. The van der Waals surface area contributed by atoms with Crippen molar-refractivity contribution in [3.63, 3.8) is 0 Å². The van der Waals surface area contributed by atoms with Crippen molar-refractivity contribution < 1.29 is 28.3 Å². The largest absolute Gasteiger partial charge is 0.390 e. The fourth-order valence-corrected chi connectivity index (χ4v) is 5.00. The third kappa shape index (κ3) is 9.69. The Labute approximate surface area is 251 Å². The maximum absolute atomic E-state index is 14.0. The Morgan fingerprint density at radius 2 is 1.51 bits per heavy atom. The number of aryl methyl sites for hydroxylation is 1. The number of aliphatic hydroxyl groups excluding tert-OH is 1. The summed E-state index contributed by atoms with van der Waals surface area (Å²) < 4.78 is 28.0. The molecule has 43 heavy (non-hydrogen) atoms. The van der Waals surface area contributed by atoms with Gasteiger partial charge in [0, 0.05) is 36.8 Å². The van der Waals surface area contributed by atoms with Crippen LogP contribution in [0.15, 0.2) is 66.7 Å². The molecule has 0 heterocycles. The Morgan fingerprint density at radius 1 is 0.907 bits per heavy atom. The van der Waals surface area contributed by atoms with Crippen LogP contribution in [0, 0.1) is 18.6 Å². The number of rotatable bonds is 15. The van der Waals surface area contributed by atoms with E-state index in [0.717, 1.165) is 31.0 Å². The summed E-state index contributed by atoms with van der Waals surface area (Å²) in [6.45, 7) is 6.75. The maximum Gasteiger partial charge on any atom is 0.253 e. The van der Waals surface area contributed by atoms with E-state index in [4.69, 9.17) is 5.73 Å². The lowest BCUT2D eigenvalue weighted by molar-refractivity contribution is -0.120. The minimum atomic E-state index is -1.30. The van der Waals surface area contributed by atoms with Crippen LogP contribution in [-0.2, 0) is 11.2 Å². The highest BCUT2D eigenvalue weighted by atomic mass is 19.1. The molecule has 0 fully saturated rings. The van der Waals surface area contributed by atoms with Crippen molar-refractivity contribution in [2.24, 2.45) is 5.73 Å². The van der Waals surface area contributed by atoms with Gasteiger partial charge in [0.15, 0.2) is 0 Å². The van der Waals surface area contributed by atoms with Gasteiger partial charge in [0.1, 0.15) is 17.7 Å². The van der Waals surface area contributed by atoms with Crippen LogP contribution in [0.4, 0.5) is 8.78 Å². The van der Waals surface area contributed by atoms with Crippen molar-refractivity contribution in [1.29, 1.82) is 0 Å². The summed E-state index contributed by atoms with van der Waals surface area (Å²) in [5, 5.41) is 16.9. The first-order valence-electron chi connectivity index (χ1n) is 14.4. The highest BCUT2D eigenvalue weighted by Gasteiger charge is 2.26. The molecule has 10 heteroatoms. The predicted molar refractivity (Wildman–Crippen MR) is 161 cm³/mol. The van der Waals surface area contributed by atoms with E-state index in [0.29, 0.717) is 29.8 Å². The van der Waals surface area contributed by atoms with Crippen molar-refractivity contribution in [3.05, 3.63) is 106 Å². The summed E-state index contributed by atoms with van der Waals surface area (Å²) in [5.41, 5.74) is 7.66. The van der Waals surface area contributed by atoms with Crippen LogP contribution in [0.5, 0.6) is 0 Å². The molecule has 3 aromatic carbocycles. The van der Waals surface area contributed by atoms with Gasteiger partial charge in [-0.2, -0.15) is 0 Å². The van der Waals surface area contributed by atoms with Gasteiger partial charge in [-0.25, -0.2) is 8.78 Å². The summed E-state index contributed by atoms with van der Waals surface area (Å²) in [7, 11) is 0. The third-order valence-corrected chi connectivity index (χ3v) is 6.97. The lowest BCUT2D eigenvalue weighted by Gasteiger charge is -2.27. The molecule has 0 aliphatic rings. The molecule has 0 aliphatic heterocycles. The number of amides is 3. The van der Waals surface area contributed by atoms with E-state index in [1.165, 1.54) is 6.07 Å². The molecule has 1 unspecified atom stereocenters. The molecule has 3 rings (SSSR count). The zero-order chi connectivity index (χ0) is 31.5. The van der Waals surface area contributed by atoms with Gasteiger partial charge in [0.25, 0.3) is 11.8 Å². The van der Waals surface area contributed by atoms with E-state index >= 15 is 0 Å². The molecule has 0 saturated carbocycles. The van der Waals surface area contributed by atoms with Crippen molar-refractivity contribution in [3.8, 4) is 0 Å². The molecule has 230 valence electrons. The van der Waals surface area contributed by atoms with E-state index in [2.05, 4.69) is 10.6 Å². The molecule has 0 bridgehead atoms. The number of halogens is 2. The number of aliphatic hydroxyl groups is 1. The topological polar surface area (TPSA) is 125 Å². The molecule has 5 N–H and O–H groups in total. The first-order valence-corrected chi connectivity index (χ1v) is 14.4. The lowest BCUT2D eigenvalue weighted by Crippen LogP contribution is -2.50. The molecular weight excluding hydrogens is 554 g/mol. The minimum absolute atomic E-state index is 0.117. The monoisotopic (exact) mass is 594 g/mol. The third-order valence-electron chi connectivity index (χ3n) is 6.97. The van der Waals surface area contributed by atoms with Crippen LogP contribution in [0.25, 0.3) is 0 Å². The average molecular weight is 595 g/mol. The van der Waals surface area contributed by atoms with Gasteiger partial charge in [0.2, 0.25) is 5.91 Å². The number of hydrogen-bond acceptors (Lipinski definition) is 5. The Hall–Kier alpha value is -4.15. The molecule has 3 atom stereocenters. The van der Waals surface area contributed by atoms with Crippen molar-refractivity contribution in [2.45, 2.75) is 58.2 Å². The molecule has 0 aromatic heterocycles. The number of benzene rings is 3. The number of nitrogens with zero attached hydrogens (tertiary/aromatic N) is 1. The second-order valence-electron chi connectivity index (χ2n) is 10.7. The van der Waals surface area contributed by atoms with E-state index in [1.807, 2.05) is 13.8 Å². The first-order chi connectivity index (χ1) is 20.5.